The van der Waals surface area contributed by atoms with Gasteiger partial charge in [-0.25, -0.2) is 0 Å². The molecule has 1 aromatic carbocycles. The molecule has 0 bridgehead atoms. The van der Waals surface area contributed by atoms with Gasteiger partial charge in [-0.1, -0.05) is 29.4 Å². The number of hydrogen-bond donors (Lipinski definition) is 1. The van der Waals surface area contributed by atoms with Crippen LogP contribution >= 0.6 is 0 Å². The van der Waals surface area contributed by atoms with Crippen molar-refractivity contribution in [2.45, 2.75) is 46.1 Å². The van der Waals surface area contributed by atoms with E-state index in [0.29, 0.717) is 18.8 Å². The Labute approximate surface area is 148 Å². The maximum Gasteiger partial charge on any atom is 0.222 e. The van der Waals surface area contributed by atoms with Gasteiger partial charge in [-0.3, -0.25) is 4.79 Å². The highest BCUT2D eigenvalue weighted by Gasteiger charge is 2.26. The van der Waals surface area contributed by atoms with Crippen LogP contribution in [0.4, 0.5) is 0 Å². The molecule has 1 saturated heterocycles. The Balaban J connectivity index is 1.51. The van der Waals surface area contributed by atoms with Gasteiger partial charge >= 0.3 is 0 Å². The first-order chi connectivity index (χ1) is 12.1. The molecule has 5 nitrogen and oxygen atoms in total. The lowest BCUT2D eigenvalue weighted by atomic mass is 9.97. The summed E-state index contributed by atoms with van der Waals surface area (Å²) in [7, 11) is 0. The van der Waals surface area contributed by atoms with E-state index in [9.17, 15) is 9.90 Å². The summed E-state index contributed by atoms with van der Waals surface area (Å²) in [5.74, 6) is 1.52. The molecule has 1 amide bonds. The van der Waals surface area contributed by atoms with Crippen LogP contribution in [-0.4, -0.2) is 34.2 Å². The van der Waals surface area contributed by atoms with Crippen molar-refractivity contribution >= 4 is 5.91 Å². The van der Waals surface area contributed by atoms with Gasteiger partial charge in [0.05, 0.1) is 12.3 Å². The Morgan fingerprint density at radius 1 is 1.36 bits per heavy atom. The highest BCUT2D eigenvalue weighted by Crippen LogP contribution is 2.23. The molecule has 0 spiro atoms. The molecule has 0 saturated carbocycles. The summed E-state index contributed by atoms with van der Waals surface area (Å²) in [6.45, 7) is 5.55. The number of hydrogen-bond acceptors (Lipinski definition) is 4. The van der Waals surface area contributed by atoms with Crippen molar-refractivity contribution in [1.82, 2.24) is 10.1 Å². The quantitative estimate of drug-likeness (QED) is 0.877. The normalized spacial score (nSPS) is 17.2. The van der Waals surface area contributed by atoms with E-state index < -0.39 is 0 Å². The Morgan fingerprint density at radius 3 is 2.88 bits per heavy atom. The lowest BCUT2D eigenvalue weighted by molar-refractivity contribution is -0.130. The molecule has 1 N–H and O–H groups in total. The lowest BCUT2D eigenvalue weighted by Crippen LogP contribution is -2.29. The number of amides is 1. The molecule has 5 heteroatoms. The predicted molar refractivity (Wildman–Crippen MR) is 95.1 cm³/mol. The number of nitrogens with zero attached hydrogens (tertiary/aromatic N) is 2. The highest BCUT2D eigenvalue weighted by molar-refractivity contribution is 5.76. The second-order valence-corrected chi connectivity index (χ2v) is 6.98. The molecular formula is C20H26N2O3. The van der Waals surface area contributed by atoms with Gasteiger partial charge in [0.1, 0.15) is 5.76 Å². The number of benzene rings is 1. The standard InChI is InChI=1S/C20H26N2O3/c1-14-19(15(2)25-21-14)6-7-20(24)22-9-8-17(12-22)10-16-4-3-5-18(11-16)13-23/h3-5,11,17,23H,6-10,12-13H2,1-2H3/t17-/m0/s1. The number of aliphatic hydroxyl groups excluding tert-OH is 1. The number of rotatable bonds is 6. The van der Waals surface area contributed by atoms with E-state index in [-0.39, 0.29) is 12.5 Å². The molecule has 1 aromatic heterocycles. The smallest absolute Gasteiger partial charge is 0.222 e. The van der Waals surface area contributed by atoms with Gasteiger partial charge in [-0.2, -0.15) is 0 Å². The summed E-state index contributed by atoms with van der Waals surface area (Å²) in [6.07, 6.45) is 3.21. The van der Waals surface area contributed by atoms with Crippen molar-refractivity contribution in [1.29, 1.82) is 0 Å². The Hall–Kier alpha value is -2.14. The van der Waals surface area contributed by atoms with Crippen LogP contribution in [0.3, 0.4) is 0 Å². The van der Waals surface area contributed by atoms with Crippen molar-refractivity contribution in [3.8, 4) is 0 Å². The first kappa shape index (κ1) is 17.7. The number of carbonyl (C=O) groups excluding carboxylic acids is 1. The first-order valence-corrected chi connectivity index (χ1v) is 8.95. The largest absolute Gasteiger partial charge is 0.392 e. The second kappa shape index (κ2) is 7.83. The Morgan fingerprint density at radius 2 is 2.16 bits per heavy atom. The number of carbonyl (C=O) groups is 1. The van der Waals surface area contributed by atoms with E-state index in [2.05, 4.69) is 17.3 Å². The zero-order chi connectivity index (χ0) is 17.8. The van der Waals surface area contributed by atoms with Crippen LogP contribution in [-0.2, 0) is 24.2 Å². The molecule has 0 aliphatic carbocycles. The molecule has 1 fully saturated rings. The average molecular weight is 342 g/mol. The highest BCUT2D eigenvalue weighted by atomic mass is 16.5. The second-order valence-electron chi connectivity index (χ2n) is 6.98. The van der Waals surface area contributed by atoms with Crippen molar-refractivity contribution in [2.24, 2.45) is 5.92 Å². The van der Waals surface area contributed by atoms with Crippen LogP contribution in [0.5, 0.6) is 0 Å². The maximum atomic E-state index is 12.5. The van der Waals surface area contributed by atoms with E-state index in [4.69, 9.17) is 4.52 Å². The summed E-state index contributed by atoms with van der Waals surface area (Å²) < 4.78 is 5.16. The van der Waals surface area contributed by atoms with Crippen molar-refractivity contribution in [3.63, 3.8) is 0 Å². The van der Waals surface area contributed by atoms with Crippen LogP contribution in [0.25, 0.3) is 0 Å². The fourth-order valence-corrected chi connectivity index (χ4v) is 3.66. The van der Waals surface area contributed by atoms with Gasteiger partial charge in [0, 0.05) is 25.1 Å². The molecule has 0 unspecified atom stereocenters. The van der Waals surface area contributed by atoms with E-state index in [0.717, 1.165) is 48.5 Å². The molecule has 1 atom stereocenters. The van der Waals surface area contributed by atoms with Crippen LogP contribution in [0, 0.1) is 19.8 Å². The number of aliphatic hydroxyl groups is 1. The fourth-order valence-electron chi connectivity index (χ4n) is 3.66. The zero-order valence-electron chi connectivity index (χ0n) is 15.0. The molecular weight excluding hydrogens is 316 g/mol. The summed E-state index contributed by atoms with van der Waals surface area (Å²) >= 11 is 0. The van der Waals surface area contributed by atoms with Gasteiger partial charge < -0.3 is 14.5 Å². The summed E-state index contributed by atoms with van der Waals surface area (Å²) in [6, 6.07) is 8.08. The van der Waals surface area contributed by atoms with Crippen LogP contribution in [0.1, 0.15) is 41.0 Å². The van der Waals surface area contributed by atoms with E-state index in [1.54, 1.807) is 0 Å². The minimum absolute atomic E-state index is 0.0742. The third-order valence-corrected chi connectivity index (χ3v) is 5.11. The summed E-state index contributed by atoms with van der Waals surface area (Å²) in [5, 5.41) is 13.2. The Bertz CT molecular complexity index is 719. The SMILES string of the molecule is Cc1noc(C)c1CCC(=O)N1CC[C@@H](Cc2cccc(CO)c2)C1. The van der Waals surface area contributed by atoms with Gasteiger partial charge in [0.15, 0.2) is 0 Å². The third kappa shape index (κ3) is 4.28. The van der Waals surface area contributed by atoms with Crippen LogP contribution in [0.2, 0.25) is 0 Å². The molecule has 25 heavy (non-hydrogen) atoms. The van der Waals surface area contributed by atoms with E-state index in [1.165, 1.54) is 5.56 Å². The van der Waals surface area contributed by atoms with E-state index in [1.807, 2.05) is 30.9 Å². The van der Waals surface area contributed by atoms with Crippen molar-refractivity contribution < 1.29 is 14.4 Å². The first-order valence-electron chi connectivity index (χ1n) is 8.95. The van der Waals surface area contributed by atoms with Gasteiger partial charge in [0.25, 0.3) is 0 Å². The van der Waals surface area contributed by atoms with Crippen LogP contribution < -0.4 is 0 Å². The number of aryl methyl sites for hydroxylation is 2. The van der Waals surface area contributed by atoms with Gasteiger partial charge in [-0.15, -0.1) is 0 Å². The predicted octanol–water partition coefficient (Wildman–Crippen LogP) is 2.81. The molecule has 2 heterocycles. The molecule has 2 aromatic rings. The van der Waals surface area contributed by atoms with E-state index >= 15 is 0 Å². The minimum atomic E-state index is 0.0742. The monoisotopic (exact) mass is 342 g/mol. The van der Waals surface area contributed by atoms with Crippen LogP contribution in [0.15, 0.2) is 28.8 Å². The van der Waals surface area contributed by atoms with Gasteiger partial charge in [-0.05, 0) is 50.2 Å². The third-order valence-electron chi connectivity index (χ3n) is 5.11. The molecule has 1 aliphatic heterocycles. The molecule has 0 radical (unpaired) electrons. The molecule has 1 aliphatic rings. The Kier molecular flexibility index (Phi) is 5.53. The minimum Gasteiger partial charge on any atom is -0.392 e. The fraction of sp³-hybridized carbons (Fsp3) is 0.500. The maximum absolute atomic E-state index is 12.5. The summed E-state index contributed by atoms with van der Waals surface area (Å²) in [5.41, 5.74) is 4.13. The lowest BCUT2D eigenvalue weighted by Gasteiger charge is -2.17. The molecule has 3 rings (SSSR count). The van der Waals surface area contributed by atoms with Crippen molar-refractivity contribution in [3.05, 3.63) is 52.4 Å². The number of aromatic nitrogens is 1. The zero-order valence-corrected chi connectivity index (χ0v) is 15.0. The molecule has 134 valence electrons. The topological polar surface area (TPSA) is 66.6 Å². The van der Waals surface area contributed by atoms with Gasteiger partial charge in [0.2, 0.25) is 5.91 Å². The average Bonchev–Trinajstić information content (AvgIpc) is 3.20. The number of likely N-dealkylation sites (tertiary alicyclic amines) is 1. The summed E-state index contributed by atoms with van der Waals surface area (Å²) in [4.78, 5) is 14.5. The van der Waals surface area contributed by atoms with Crippen molar-refractivity contribution in [2.75, 3.05) is 13.1 Å².